The van der Waals surface area contributed by atoms with E-state index in [4.69, 9.17) is 16.3 Å². The molecule has 4 rings (SSSR count). The van der Waals surface area contributed by atoms with E-state index in [1.807, 2.05) is 45.0 Å². The average molecular weight is 467 g/mol. The maximum Gasteiger partial charge on any atom is 0.295 e. The van der Waals surface area contributed by atoms with Crippen LogP contribution in [-0.4, -0.2) is 39.8 Å². The van der Waals surface area contributed by atoms with Crippen molar-refractivity contribution in [1.82, 2.24) is 9.88 Å². The molecule has 33 heavy (non-hydrogen) atoms. The fourth-order valence-electron chi connectivity index (χ4n) is 4.48. The number of benzene rings is 2. The van der Waals surface area contributed by atoms with E-state index in [9.17, 15) is 14.7 Å². The van der Waals surface area contributed by atoms with Crippen molar-refractivity contribution in [3.05, 3.63) is 69.9 Å². The molecule has 1 fully saturated rings. The maximum atomic E-state index is 13.3. The first-order valence-corrected chi connectivity index (χ1v) is 11.5. The first-order valence-electron chi connectivity index (χ1n) is 11.2. The number of para-hydroxylation sites is 1. The smallest absolute Gasteiger partial charge is 0.295 e. The Morgan fingerprint density at radius 1 is 1.18 bits per heavy atom. The molecular formula is C26H27ClN2O4. The minimum atomic E-state index is -0.723. The number of aryl methyl sites for hydroxylation is 1. The number of aliphatic hydroxyl groups excluding tert-OH is 1. The van der Waals surface area contributed by atoms with Gasteiger partial charge in [-0.05, 0) is 44.5 Å². The quantitative estimate of drug-likeness (QED) is 0.264. The second-order valence-electron chi connectivity index (χ2n) is 8.13. The minimum Gasteiger partial charge on any atom is -0.507 e. The van der Waals surface area contributed by atoms with Gasteiger partial charge in [0.25, 0.3) is 11.7 Å². The standard InChI is InChI=1S/C26H27ClN2O4/c1-4-6-13-29-23(21-15(3)28-20-10-8-7-9-17(20)21)22(25(31)26(29)32)24(30)18-14-16(33-5-2)11-12-19(18)27/h7-12,14,23,28,30H,4-6,13H2,1-3H3/b24-22+. The molecule has 7 heteroatoms. The van der Waals surface area contributed by atoms with Gasteiger partial charge in [0.1, 0.15) is 11.5 Å². The van der Waals surface area contributed by atoms with Crippen molar-refractivity contribution >= 4 is 40.0 Å². The van der Waals surface area contributed by atoms with Crippen molar-refractivity contribution in [2.45, 2.75) is 39.7 Å². The summed E-state index contributed by atoms with van der Waals surface area (Å²) in [5.41, 5.74) is 2.85. The van der Waals surface area contributed by atoms with Crippen molar-refractivity contribution in [3.8, 4) is 5.75 Å². The molecule has 2 aromatic carbocycles. The minimum absolute atomic E-state index is 0.0412. The predicted molar refractivity (Wildman–Crippen MR) is 130 cm³/mol. The number of aromatic nitrogens is 1. The number of fused-ring (bicyclic) bond motifs is 1. The number of likely N-dealkylation sites (tertiary alicyclic amines) is 1. The largest absolute Gasteiger partial charge is 0.507 e. The number of carbonyl (C=O) groups is 2. The molecule has 172 valence electrons. The Balaban J connectivity index is 1.97. The van der Waals surface area contributed by atoms with Gasteiger partial charge in [0, 0.05) is 34.3 Å². The highest BCUT2D eigenvalue weighted by Crippen LogP contribution is 2.44. The monoisotopic (exact) mass is 466 g/mol. The van der Waals surface area contributed by atoms with E-state index < -0.39 is 17.7 Å². The molecule has 1 unspecified atom stereocenters. The number of nitrogens with zero attached hydrogens (tertiary/aromatic N) is 1. The summed E-state index contributed by atoms with van der Waals surface area (Å²) in [5.74, 6) is -1.11. The molecular weight excluding hydrogens is 440 g/mol. The Labute approximate surface area is 197 Å². The highest BCUT2D eigenvalue weighted by molar-refractivity contribution is 6.47. The molecule has 6 nitrogen and oxygen atoms in total. The van der Waals surface area contributed by atoms with Gasteiger partial charge in [-0.3, -0.25) is 9.59 Å². The van der Waals surface area contributed by atoms with Crippen molar-refractivity contribution in [2.24, 2.45) is 0 Å². The van der Waals surface area contributed by atoms with Gasteiger partial charge in [-0.2, -0.15) is 0 Å². The van der Waals surface area contributed by atoms with Gasteiger partial charge in [0.2, 0.25) is 0 Å². The molecule has 3 aromatic rings. The fraction of sp³-hybridized carbons (Fsp3) is 0.308. The molecule has 1 aliphatic rings. The molecule has 0 bridgehead atoms. The van der Waals surface area contributed by atoms with Crippen molar-refractivity contribution in [3.63, 3.8) is 0 Å². The number of nitrogens with one attached hydrogen (secondary N) is 1. The van der Waals surface area contributed by atoms with Gasteiger partial charge in [0.05, 0.1) is 23.2 Å². The summed E-state index contributed by atoms with van der Waals surface area (Å²) in [7, 11) is 0. The van der Waals surface area contributed by atoms with Crippen LogP contribution in [0.3, 0.4) is 0 Å². The molecule has 2 heterocycles. The van der Waals surface area contributed by atoms with Gasteiger partial charge in [0.15, 0.2) is 0 Å². The number of carbonyl (C=O) groups excluding carboxylic acids is 2. The van der Waals surface area contributed by atoms with Crippen LogP contribution in [0.5, 0.6) is 5.75 Å². The third-order valence-electron chi connectivity index (χ3n) is 6.01. The van der Waals surface area contributed by atoms with Gasteiger partial charge in [-0.1, -0.05) is 43.1 Å². The Hall–Kier alpha value is -3.25. The average Bonchev–Trinajstić information content (AvgIpc) is 3.25. The maximum absolute atomic E-state index is 13.3. The number of ether oxygens (including phenoxy) is 1. The van der Waals surface area contributed by atoms with E-state index >= 15 is 0 Å². The van der Waals surface area contributed by atoms with E-state index in [0.29, 0.717) is 18.9 Å². The van der Waals surface area contributed by atoms with Crippen LogP contribution in [0, 0.1) is 6.92 Å². The van der Waals surface area contributed by atoms with Crippen LogP contribution in [0.4, 0.5) is 0 Å². The molecule has 1 aliphatic heterocycles. The van der Waals surface area contributed by atoms with Crippen molar-refractivity contribution in [2.75, 3.05) is 13.2 Å². The van der Waals surface area contributed by atoms with E-state index in [0.717, 1.165) is 35.0 Å². The van der Waals surface area contributed by atoms with E-state index in [1.165, 1.54) is 0 Å². The lowest BCUT2D eigenvalue weighted by atomic mass is 9.93. The fourth-order valence-corrected chi connectivity index (χ4v) is 4.68. The van der Waals surface area contributed by atoms with Crippen LogP contribution in [0.15, 0.2) is 48.0 Å². The topological polar surface area (TPSA) is 82.6 Å². The Morgan fingerprint density at radius 3 is 2.67 bits per heavy atom. The van der Waals surface area contributed by atoms with Crippen LogP contribution in [0.2, 0.25) is 5.02 Å². The van der Waals surface area contributed by atoms with Crippen LogP contribution in [0.1, 0.15) is 49.6 Å². The number of H-pyrrole nitrogens is 1. The first-order chi connectivity index (χ1) is 15.9. The number of hydrogen-bond acceptors (Lipinski definition) is 4. The summed E-state index contributed by atoms with van der Waals surface area (Å²) in [4.78, 5) is 31.3. The highest BCUT2D eigenvalue weighted by atomic mass is 35.5. The molecule has 1 aromatic heterocycles. The molecule has 1 atom stereocenters. The second-order valence-corrected chi connectivity index (χ2v) is 8.54. The number of Topliss-reactive ketones (excluding diaryl/α,β-unsaturated/α-hetero) is 1. The van der Waals surface area contributed by atoms with Crippen molar-refractivity contribution < 1.29 is 19.4 Å². The second kappa shape index (κ2) is 9.32. The van der Waals surface area contributed by atoms with E-state index in [-0.39, 0.29) is 21.9 Å². The number of aromatic amines is 1. The number of aliphatic hydroxyl groups is 1. The first kappa shape index (κ1) is 22.9. The van der Waals surface area contributed by atoms with Crippen molar-refractivity contribution in [1.29, 1.82) is 0 Å². The number of rotatable bonds is 7. The zero-order valence-electron chi connectivity index (χ0n) is 18.9. The summed E-state index contributed by atoms with van der Waals surface area (Å²) in [6.07, 6.45) is 1.61. The number of halogens is 1. The van der Waals surface area contributed by atoms with Gasteiger partial charge < -0.3 is 19.7 Å². The number of unbranched alkanes of at least 4 members (excludes halogenated alkanes) is 1. The molecule has 0 aliphatic carbocycles. The zero-order valence-corrected chi connectivity index (χ0v) is 19.7. The predicted octanol–water partition coefficient (Wildman–Crippen LogP) is 5.75. The summed E-state index contributed by atoms with van der Waals surface area (Å²) in [6.45, 7) is 6.65. The van der Waals surface area contributed by atoms with Crippen LogP contribution in [-0.2, 0) is 9.59 Å². The highest BCUT2D eigenvalue weighted by Gasteiger charge is 2.47. The Kier molecular flexibility index (Phi) is 6.47. The van der Waals surface area contributed by atoms with Crippen LogP contribution in [0.25, 0.3) is 16.7 Å². The summed E-state index contributed by atoms with van der Waals surface area (Å²) < 4.78 is 5.55. The molecule has 0 radical (unpaired) electrons. The molecule has 2 N–H and O–H groups in total. The molecule has 1 saturated heterocycles. The van der Waals surface area contributed by atoms with Gasteiger partial charge >= 0.3 is 0 Å². The third kappa shape index (κ3) is 4.00. The summed E-state index contributed by atoms with van der Waals surface area (Å²) >= 11 is 6.41. The zero-order chi connectivity index (χ0) is 23.7. The van der Waals surface area contributed by atoms with Gasteiger partial charge in [-0.25, -0.2) is 0 Å². The lowest BCUT2D eigenvalue weighted by Crippen LogP contribution is -2.30. The van der Waals surface area contributed by atoms with Crippen LogP contribution < -0.4 is 4.74 Å². The Bertz CT molecular complexity index is 1260. The molecule has 1 amide bonds. The lowest BCUT2D eigenvalue weighted by Gasteiger charge is -2.25. The number of amides is 1. The van der Waals surface area contributed by atoms with Gasteiger partial charge in [-0.15, -0.1) is 0 Å². The number of hydrogen-bond donors (Lipinski definition) is 2. The SMILES string of the molecule is CCCCN1C(=O)C(=O)/C(=C(/O)c2cc(OCC)ccc2Cl)C1c1c(C)[nH]c2ccccc12. The summed E-state index contributed by atoms with van der Waals surface area (Å²) in [6, 6.07) is 11.9. The van der Waals surface area contributed by atoms with E-state index in [2.05, 4.69) is 4.98 Å². The third-order valence-corrected chi connectivity index (χ3v) is 6.34. The molecule has 0 spiro atoms. The normalized spacial score (nSPS) is 17.8. The van der Waals surface area contributed by atoms with Crippen LogP contribution >= 0.6 is 11.6 Å². The number of ketones is 1. The molecule has 0 saturated carbocycles. The lowest BCUT2D eigenvalue weighted by molar-refractivity contribution is -0.139. The Morgan fingerprint density at radius 2 is 1.94 bits per heavy atom. The van der Waals surface area contributed by atoms with E-state index in [1.54, 1.807) is 23.1 Å². The summed E-state index contributed by atoms with van der Waals surface area (Å²) in [5, 5.41) is 12.6.